The fourth-order valence-corrected chi connectivity index (χ4v) is 4.56. The normalized spacial score (nSPS) is 11.9. The van der Waals surface area contributed by atoms with Crippen molar-refractivity contribution in [1.29, 1.82) is 0 Å². The molecule has 0 saturated heterocycles. The van der Waals surface area contributed by atoms with Crippen LogP contribution in [0.15, 0.2) is 77.7 Å². The Kier molecular flexibility index (Phi) is 8.82. The number of carbonyl (C=O) groups is 2. The highest BCUT2D eigenvalue weighted by atomic mass is 32.2. The van der Waals surface area contributed by atoms with E-state index in [1.165, 1.54) is 11.8 Å². The fraction of sp³-hybridized carbons (Fsp3) is 0.286. The molecule has 0 aliphatic carbocycles. The van der Waals surface area contributed by atoms with Crippen molar-refractivity contribution >= 4 is 35.0 Å². The maximum atomic E-state index is 13.5. The molecule has 0 aliphatic rings. The number of rotatable bonds is 9. The van der Waals surface area contributed by atoms with Crippen LogP contribution in [0.1, 0.15) is 38.0 Å². The summed E-state index contributed by atoms with van der Waals surface area (Å²) in [6, 6.07) is 22.4. The van der Waals surface area contributed by atoms with Crippen LogP contribution in [-0.4, -0.2) is 26.0 Å². The topological polar surface area (TPSA) is 76.7 Å². The van der Waals surface area contributed by atoms with Crippen molar-refractivity contribution in [2.24, 2.45) is 5.41 Å². The molecular weight excluding hydrogens is 460 g/mol. The Morgan fingerprint density at radius 3 is 2.29 bits per heavy atom. The summed E-state index contributed by atoms with van der Waals surface area (Å²) in [5, 5.41) is 5.42. The molecule has 0 spiro atoms. The van der Waals surface area contributed by atoms with E-state index in [-0.39, 0.29) is 17.2 Å². The van der Waals surface area contributed by atoms with Crippen LogP contribution in [0.4, 0.5) is 11.4 Å². The molecule has 0 heterocycles. The van der Waals surface area contributed by atoms with E-state index in [0.29, 0.717) is 29.3 Å². The van der Waals surface area contributed by atoms with E-state index in [9.17, 15) is 9.59 Å². The van der Waals surface area contributed by atoms with Crippen LogP contribution in [0.2, 0.25) is 0 Å². The van der Waals surface area contributed by atoms with E-state index < -0.39 is 5.25 Å². The van der Waals surface area contributed by atoms with Crippen LogP contribution in [-0.2, 0) is 9.59 Å². The lowest BCUT2D eigenvalue weighted by Crippen LogP contribution is -2.20. The number of hydrogen-bond acceptors (Lipinski definition) is 5. The Balaban J connectivity index is 1.84. The molecule has 0 bridgehead atoms. The van der Waals surface area contributed by atoms with E-state index in [1.54, 1.807) is 32.4 Å². The molecule has 2 N–H and O–H groups in total. The van der Waals surface area contributed by atoms with Crippen molar-refractivity contribution in [2.75, 3.05) is 24.9 Å². The lowest BCUT2D eigenvalue weighted by atomic mass is 9.92. The summed E-state index contributed by atoms with van der Waals surface area (Å²) in [4.78, 5) is 26.8. The van der Waals surface area contributed by atoms with Crippen LogP contribution in [0.3, 0.4) is 0 Å². The van der Waals surface area contributed by atoms with E-state index in [4.69, 9.17) is 9.47 Å². The number of benzene rings is 3. The van der Waals surface area contributed by atoms with Gasteiger partial charge in [-0.15, -0.1) is 11.8 Å². The summed E-state index contributed by atoms with van der Waals surface area (Å²) in [6.07, 6.45) is 0.418. The molecule has 3 rings (SSSR count). The Labute approximate surface area is 211 Å². The van der Waals surface area contributed by atoms with Gasteiger partial charge in [0, 0.05) is 23.1 Å². The molecule has 6 nitrogen and oxygen atoms in total. The van der Waals surface area contributed by atoms with Gasteiger partial charge in [-0.05, 0) is 41.3 Å². The van der Waals surface area contributed by atoms with Crippen LogP contribution >= 0.6 is 11.8 Å². The summed E-state index contributed by atoms with van der Waals surface area (Å²) in [5.41, 5.74) is 1.99. The first-order valence-electron chi connectivity index (χ1n) is 11.3. The molecular formula is C28H32N2O4S. The van der Waals surface area contributed by atoms with Gasteiger partial charge in [0.1, 0.15) is 16.7 Å². The summed E-state index contributed by atoms with van der Waals surface area (Å²) in [5.74, 6) is 0.917. The number of nitrogens with one attached hydrogen (secondary N) is 2. The van der Waals surface area contributed by atoms with Gasteiger partial charge in [-0.2, -0.15) is 0 Å². The van der Waals surface area contributed by atoms with Crippen LogP contribution in [0.25, 0.3) is 0 Å². The molecule has 35 heavy (non-hydrogen) atoms. The van der Waals surface area contributed by atoms with Gasteiger partial charge in [0.2, 0.25) is 11.8 Å². The van der Waals surface area contributed by atoms with Gasteiger partial charge in [-0.25, -0.2) is 0 Å². The molecule has 0 aliphatic heterocycles. The van der Waals surface area contributed by atoms with Gasteiger partial charge in [0.25, 0.3) is 0 Å². The average molecular weight is 493 g/mol. The zero-order chi connectivity index (χ0) is 25.4. The number of anilines is 2. The van der Waals surface area contributed by atoms with Crippen molar-refractivity contribution < 1.29 is 19.1 Å². The zero-order valence-corrected chi connectivity index (χ0v) is 21.6. The van der Waals surface area contributed by atoms with Gasteiger partial charge in [-0.1, -0.05) is 57.2 Å². The van der Waals surface area contributed by atoms with E-state index >= 15 is 0 Å². The second kappa shape index (κ2) is 11.8. The quantitative estimate of drug-likeness (QED) is 0.331. The van der Waals surface area contributed by atoms with Gasteiger partial charge in [0.15, 0.2) is 0 Å². The molecule has 1 unspecified atom stereocenters. The van der Waals surface area contributed by atoms with E-state index in [1.807, 2.05) is 75.4 Å². The minimum Gasteiger partial charge on any atom is -0.497 e. The predicted octanol–water partition coefficient (Wildman–Crippen LogP) is 6.55. The molecule has 0 fully saturated rings. The SMILES string of the molecule is COc1ccc(OC)c(NC(=O)C(Sc2cccc(NC(=O)CC(C)(C)C)c2)c2ccccc2)c1. The lowest BCUT2D eigenvalue weighted by Gasteiger charge is -2.19. The first kappa shape index (κ1) is 26.2. The number of amides is 2. The first-order valence-corrected chi connectivity index (χ1v) is 12.2. The number of carbonyl (C=O) groups excluding carboxylic acids is 2. The molecule has 184 valence electrons. The minimum atomic E-state index is -0.535. The molecule has 1 atom stereocenters. The highest BCUT2D eigenvalue weighted by Gasteiger charge is 2.24. The molecule has 0 saturated carbocycles. The fourth-order valence-electron chi connectivity index (χ4n) is 3.48. The van der Waals surface area contributed by atoms with Crippen LogP contribution in [0, 0.1) is 5.41 Å². The molecule has 2 amide bonds. The summed E-state index contributed by atoms with van der Waals surface area (Å²) in [7, 11) is 3.13. The first-order chi connectivity index (χ1) is 16.7. The highest BCUT2D eigenvalue weighted by Crippen LogP contribution is 2.38. The second-order valence-electron chi connectivity index (χ2n) is 9.28. The smallest absolute Gasteiger partial charge is 0.242 e. The Hall–Kier alpha value is -3.45. The number of hydrogen-bond donors (Lipinski definition) is 2. The predicted molar refractivity (Wildman–Crippen MR) is 142 cm³/mol. The Morgan fingerprint density at radius 1 is 0.886 bits per heavy atom. The maximum Gasteiger partial charge on any atom is 0.242 e. The zero-order valence-electron chi connectivity index (χ0n) is 20.8. The molecule has 0 aromatic heterocycles. The summed E-state index contributed by atoms with van der Waals surface area (Å²) in [6.45, 7) is 6.08. The monoisotopic (exact) mass is 492 g/mol. The van der Waals surface area contributed by atoms with Crippen LogP contribution < -0.4 is 20.1 Å². The second-order valence-corrected chi connectivity index (χ2v) is 10.5. The maximum absolute atomic E-state index is 13.5. The van der Waals surface area contributed by atoms with Crippen molar-refractivity contribution in [3.63, 3.8) is 0 Å². The van der Waals surface area contributed by atoms with Crippen molar-refractivity contribution in [3.05, 3.63) is 78.4 Å². The lowest BCUT2D eigenvalue weighted by molar-refractivity contribution is -0.118. The van der Waals surface area contributed by atoms with Crippen molar-refractivity contribution in [3.8, 4) is 11.5 Å². The minimum absolute atomic E-state index is 0.0397. The third-order valence-corrected chi connectivity index (χ3v) is 6.32. The average Bonchev–Trinajstić information content (AvgIpc) is 2.82. The number of ether oxygens (including phenoxy) is 2. The third kappa shape index (κ3) is 7.79. The molecule has 0 radical (unpaired) electrons. The van der Waals surface area contributed by atoms with Gasteiger partial charge >= 0.3 is 0 Å². The van der Waals surface area contributed by atoms with E-state index in [0.717, 1.165) is 10.5 Å². The molecule has 3 aromatic carbocycles. The Bertz CT molecular complexity index is 1160. The number of thioether (sulfide) groups is 1. The molecule has 7 heteroatoms. The summed E-state index contributed by atoms with van der Waals surface area (Å²) < 4.78 is 10.7. The van der Waals surface area contributed by atoms with Crippen molar-refractivity contribution in [2.45, 2.75) is 37.3 Å². The van der Waals surface area contributed by atoms with E-state index in [2.05, 4.69) is 10.6 Å². The summed E-state index contributed by atoms with van der Waals surface area (Å²) >= 11 is 1.41. The Morgan fingerprint density at radius 2 is 1.63 bits per heavy atom. The number of methoxy groups -OCH3 is 2. The largest absolute Gasteiger partial charge is 0.497 e. The van der Waals surface area contributed by atoms with Crippen molar-refractivity contribution in [1.82, 2.24) is 0 Å². The third-order valence-electron chi connectivity index (χ3n) is 5.07. The van der Waals surface area contributed by atoms with Gasteiger partial charge in [-0.3, -0.25) is 9.59 Å². The van der Waals surface area contributed by atoms with Crippen LogP contribution in [0.5, 0.6) is 11.5 Å². The molecule has 3 aromatic rings. The van der Waals surface area contributed by atoms with Gasteiger partial charge < -0.3 is 20.1 Å². The van der Waals surface area contributed by atoms with Gasteiger partial charge in [0.05, 0.1) is 19.9 Å². The highest BCUT2D eigenvalue weighted by molar-refractivity contribution is 8.00. The standard InChI is InChI=1S/C28H32N2O4S/c1-28(2,3)18-25(31)29-20-12-9-13-22(16-20)35-26(19-10-7-6-8-11-19)27(32)30-23-17-21(33-4)14-15-24(23)34-5/h6-17,26H,18H2,1-5H3,(H,29,31)(H,30,32).